The van der Waals surface area contributed by atoms with Crippen molar-refractivity contribution >= 4 is 27.3 Å². The molecule has 0 spiro atoms. The summed E-state index contributed by atoms with van der Waals surface area (Å²) in [5, 5.41) is 10.0. The molecule has 2 aliphatic heterocycles. The minimum absolute atomic E-state index is 0.00412. The van der Waals surface area contributed by atoms with Crippen LogP contribution in [0.2, 0.25) is 5.02 Å². The van der Waals surface area contributed by atoms with E-state index in [-0.39, 0.29) is 21.6 Å². The molecule has 1 unspecified atom stereocenters. The van der Waals surface area contributed by atoms with Crippen LogP contribution in [0.3, 0.4) is 0 Å². The number of aromatic hydroxyl groups is 1. The van der Waals surface area contributed by atoms with Gasteiger partial charge in [-0.05, 0) is 31.5 Å². The van der Waals surface area contributed by atoms with Gasteiger partial charge in [-0.15, -0.1) is 0 Å². The third kappa shape index (κ3) is 2.48. The normalized spacial score (nSPS) is 24.1. The third-order valence-electron chi connectivity index (χ3n) is 4.26. The summed E-state index contributed by atoms with van der Waals surface area (Å²) >= 11 is 5.98. The Bertz CT molecular complexity index is 665. The molecule has 2 heterocycles. The molecule has 2 saturated heterocycles. The number of nitrogens with two attached hydrogens (primary N) is 1. The SMILES string of the molecule is Nc1ccc(Cl)c(S(=O)(=O)N2CCN3CCCC3C2)c1O. The van der Waals surface area contributed by atoms with E-state index in [2.05, 4.69) is 4.90 Å². The van der Waals surface area contributed by atoms with E-state index in [1.54, 1.807) is 0 Å². The predicted molar refractivity (Wildman–Crippen MR) is 80.9 cm³/mol. The molecule has 1 aromatic rings. The maximum Gasteiger partial charge on any atom is 0.248 e. The van der Waals surface area contributed by atoms with E-state index in [1.165, 1.54) is 16.4 Å². The first-order chi connectivity index (χ1) is 9.91. The molecule has 2 fully saturated rings. The molecule has 1 atom stereocenters. The van der Waals surface area contributed by atoms with Gasteiger partial charge in [-0.2, -0.15) is 4.31 Å². The zero-order chi connectivity index (χ0) is 15.2. The van der Waals surface area contributed by atoms with Crippen LogP contribution in [0.15, 0.2) is 17.0 Å². The summed E-state index contributed by atoms with van der Waals surface area (Å²) < 4.78 is 27.0. The van der Waals surface area contributed by atoms with Gasteiger partial charge >= 0.3 is 0 Å². The third-order valence-corrected chi connectivity index (χ3v) is 6.63. The van der Waals surface area contributed by atoms with E-state index in [0.717, 1.165) is 19.4 Å². The van der Waals surface area contributed by atoms with Crippen molar-refractivity contribution in [1.82, 2.24) is 9.21 Å². The van der Waals surface area contributed by atoms with E-state index in [1.807, 2.05) is 0 Å². The quantitative estimate of drug-likeness (QED) is 0.626. The fourth-order valence-electron chi connectivity index (χ4n) is 3.12. The van der Waals surface area contributed by atoms with E-state index >= 15 is 0 Å². The van der Waals surface area contributed by atoms with Crippen molar-refractivity contribution in [2.24, 2.45) is 0 Å². The van der Waals surface area contributed by atoms with E-state index in [0.29, 0.717) is 19.6 Å². The molecule has 0 saturated carbocycles. The lowest BCUT2D eigenvalue weighted by atomic mass is 10.2. The van der Waals surface area contributed by atoms with Crippen molar-refractivity contribution in [1.29, 1.82) is 0 Å². The number of piperazine rings is 1. The fourth-order valence-corrected chi connectivity index (χ4v) is 5.19. The van der Waals surface area contributed by atoms with E-state index in [4.69, 9.17) is 17.3 Å². The number of fused-ring (bicyclic) bond motifs is 1. The summed E-state index contributed by atoms with van der Waals surface area (Å²) in [6.07, 6.45) is 2.10. The molecule has 0 amide bonds. The Balaban J connectivity index is 1.96. The second-order valence-corrected chi connectivity index (χ2v) is 7.79. The van der Waals surface area contributed by atoms with Gasteiger partial charge in [-0.1, -0.05) is 11.6 Å². The van der Waals surface area contributed by atoms with Gasteiger partial charge in [0.05, 0.1) is 10.7 Å². The summed E-state index contributed by atoms with van der Waals surface area (Å²) in [5.74, 6) is -0.462. The fraction of sp³-hybridized carbons (Fsp3) is 0.538. The first kappa shape index (κ1) is 14.9. The molecule has 21 heavy (non-hydrogen) atoms. The molecular weight excluding hydrogens is 314 g/mol. The molecule has 2 aliphatic rings. The second kappa shape index (κ2) is 5.31. The van der Waals surface area contributed by atoms with Crippen molar-refractivity contribution in [2.45, 2.75) is 23.8 Å². The molecule has 0 radical (unpaired) electrons. The second-order valence-electron chi connectivity index (χ2n) is 5.51. The standard InChI is InChI=1S/C13H18ClN3O3S/c14-10-3-4-11(15)12(18)13(10)21(19,20)17-7-6-16-5-1-2-9(16)8-17/h3-4,9,18H,1-2,5-8,15H2. The van der Waals surface area contributed by atoms with Crippen molar-refractivity contribution in [2.75, 3.05) is 31.9 Å². The molecule has 0 aromatic heterocycles. The van der Waals surface area contributed by atoms with Crippen LogP contribution < -0.4 is 5.73 Å². The Kier molecular flexibility index (Phi) is 3.77. The van der Waals surface area contributed by atoms with Gasteiger partial charge in [0.15, 0.2) is 5.75 Å². The Hall–Kier alpha value is -1.02. The van der Waals surface area contributed by atoms with Gasteiger partial charge in [0.2, 0.25) is 10.0 Å². The first-order valence-corrected chi connectivity index (χ1v) is 8.74. The smallest absolute Gasteiger partial charge is 0.248 e. The summed E-state index contributed by atoms with van der Waals surface area (Å²) in [4.78, 5) is 2.03. The molecule has 6 nitrogen and oxygen atoms in total. The zero-order valence-electron chi connectivity index (χ0n) is 11.5. The number of nitrogen functional groups attached to an aromatic ring is 1. The number of halogens is 1. The summed E-state index contributed by atoms with van der Waals surface area (Å²) in [6, 6.07) is 3.05. The van der Waals surface area contributed by atoms with Gasteiger partial charge in [0.25, 0.3) is 0 Å². The molecule has 8 heteroatoms. The number of sulfonamides is 1. The maximum absolute atomic E-state index is 12.8. The van der Waals surface area contributed by atoms with Gasteiger partial charge in [-0.3, -0.25) is 4.90 Å². The van der Waals surface area contributed by atoms with Gasteiger partial charge in [0, 0.05) is 25.7 Å². The highest BCUT2D eigenvalue weighted by Gasteiger charge is 2.38. The van der Waals surface area contributed by atoms with Crippen LogP contribution in [0.5, 0.6) is 5.75 Å². The van der Waals surface area contributed by atoms with Crippen molar-refractivity contribution in [3.8, 4) is 5.75 Å². The minimum atomic E-state index is -3.84. The molecule has 3 rings (SSSR count). The monoisotopic (exact) mass is 331 g/mol. The summed E-state index contributed by atoms with van der Waals surface area (Å²) in [5.41, 5.74) is 5.61. The Morgan fingerprint density at radius 2 is 2.05 bits per heavy atom. The van der Waals surface area contributed by atoms with Crippen LogP contribution in [0.4, 0.5) is 5.69 Å². The lowest BCUT2D eigenvalue weighted by Gasteiger charge is -2.36. The Morgan fingerprint density at radius 1 is 1.29 bits per heavy atom. The Labute approximate surface area is 129 Å². The molecule has 0 aliphatic carbocycles. The minimum Gasteiger partial charge on any atom is -0.504 e. The van der Waals surface area contributed by atoms with Gasteiger partial charge < -0.3 is 10.8 Å². The molecular formula is C13H18ClN3O3S. The first-order valence-electron chi connectivity index (χ1n) is 6.92. The van der Waals surface area contributed by atoms with Crippen molar-refractivity contribution in [3.63, 3.8) is 0 Å². The van der Waals surface area contributed by atoms with Gasteiger partial charge in [-0.25, -0.2) is 8.42 Å². The van der Waals surface area contributed by atoms with Crippen LogP contribution in [0.25, 0.3) is 0 Å². The molecule has 116 valence electrons. The number of hydrogen-bond donors (Lipinski definition) is 2. The van der Waals surface area contributed by atoms with Crippen LogP contribution in [0.1, 0.15) is 12.8 Å². The molecule has 3 N–H and O–H groups in total. The topological polar surface area (TPSA) is 86.9 Å². The largest absolute Gasteiger partial charge is 0.504 e. The maximum atomic E-state index is 12.8. The summed E-state index contributed by atoms with van der Waals surface area (Å²) in [6.45, 7) is 2.59. The lowest BCUT2D eigenvalue weighted by molar-refractivity contribution is 0.158. The van der Waals surface area contributed by atoms with Crippen LogP contribution in [-0.4, -0.2) is 55.0 Å². The van der Waals surface area contributed by atoms with Crippen molar-refractivity contribution < 1.29 is 13.5 Å². The number of nitrogens with zero attached hydrogens (tertiary/aromatic N) is 2. The molecule has 0 bridgehead atoms. The zero-order valence-corrected chi connectivity index (χ0v) is 13.1. The number of anilines is 1. The number of rotatable bonds is 2. The Morgan fingerprint density at radius 3 is 2.81 bits per heavy atom. The van der Waals surface area contributed by atoms with E-state index in [9.17, 15) is 13.5 Å². The average molecular weight is 332 g/mol. The average Bonchev–Trinajstić information content (AvgIpc) is 2.90. The van der Waals surface area contributed by atoms with Crippen LogP contribution in [0, 0.1) is 0 Å². The van der Waals surface area contributed by atoms with Crippen molar-refractivity contribution in [3.05, 3.63) is 17.2 Å². The number of hydrogen-bond acceptors (Lipinski definition) is 5. The summed E-state index contributed by atoms with van der Waals surface area (Å²) in [7, 11) is -3.84. The van der Waals surface area contributed by atoms with Crippen LogP contribution in [-0.2, 0) is 10.0 Å². The van der Waals surface area contributed by atoms with Gasteiger partial charge in [0.1, 0.15) is 4.90 Å². The highest BCUT2D eigenvalue weighted by atomic mass is 35.5. The number of phenols is 1. The number of benzene rings is 1. The number of phenolic OH excluding ortho intramolecular Hbond substituents is 1. The molecule has 1 aromatic carbocycles. The highest BCUT2D eigenvalue weighted by Crippen LogP contribution is 2.38. The lowest BCUT2D eigenvalue weighted by Crippen LogP contribution is -2.51. The highest BCUT2D eigenvalue weighted by molar-refractivity contribution is 7.89. The van der Waals surface area contributed by atoms with E-state index < -0.39 is 15.8 Å². The van der Waals surface area contributed by atoms with Crippen LogP contribution >= 0.6 is 11.6 Å². The predicted octanol–water partition coefficient (Wildman–Crippen LogP) is 1.10.